The summed E-state index contributed by atoms with van der Waals surface area (Å²) in [7, 11) is 1.57. The molecule has 3 aromatic carbocycles. The standard InChI is InChI=1S/C27H27Cl2N3O2/c1-34-25-12-7-4-9-21(25)27(33)30-16-8-2-3-13-26-31-23-10-5-6-11-24(23)32(26)18-19-14-15-20(28)17-22(19)29/h4-7,9-12,14-15,17H,2-3,8,13,16,18H2,1H3,(H,30,33). The number of halogens is 2. The number of aryl methyl sites for hydroxylation is 1. The molecule has 176 valence electrons. The highest BCUT2D eigenvalue weighted by molar-refractivity contribution is 6.35. The van der Waals surface area contributed by atoms with Gasteiger partial charge in [0.15, 0.2) is 0 Å². The number of carbonyl (C=O) groups excluding carboxylic acids is 1. The number of benzene rings is 3. The van der Waals surface area contributed by atoms with Gasteiger partial charge in [-0.2, -0.15) is 0 Å². The van der Waals surface area contributed by atoms with Crippen LogP contribution in [0.5, 0.6) is 5.75 Å². The Balaban J connectivity index is 1.34. The molecule has 0 spiro atoms. The lowest BCUT2D eigenvalue weighted by Crippen LogP contribution is -2.24. The fraction of sp³-hybridized carbons (Fsp3) is 0.259. The highest BCUT2D eigenvalue weighted by atomic mass is 35.5. The zero-order chi connectivity index (χ0) is 23.9. The second-order valence-corrected chi connectivity index (χ2v) is 8.95. The van der Waals surface area contributed by atoms with Crippen LogP contribution in [-0.2, 0) is 13.0 Å². The molecule has 4 aromatic rings. The van der Waals surface area contributed by atoms with Crippen molar-refractivity contribution in [2.45, 2.75) is 32.2 Å². The van der Waals surface area contributed by atoms with E-state index in [4.69, 9.17) is 32.9 Å². The van der Waals surface area contributed by atoms with Crippen LogP contribution < -0.4 is 10.1 Å². The molecule has 0 fully saturated rings. The van der Waals surface area contributed by atoms with Gasteiger partial charge in [-0.05, 0) is 54.8 Å². The first-order valence-corrected chi connectivity index (χ1v) is 12.1. The van der Waals surface area contributed by atoms with Crippen molar-refractivity contribution in [3.8, 4) is 5.75 Å². The Morgan fingerprint density at radius 2 is 1.79 bits per heavy atom. The van der Waals surface area contributed by atoms with Crippen molar-refractivity contribution in [3.05, 3.63) is 93.7 Å². The first kappa shape index (κ1) is 24.1. The molecule has 0 unspecified atom stereocenters. The number of methoxy groups -OCH3 is 1. The minimum Gasteiger partial charge on any atom is -0.496 e. The Morgan fingerprint density at radius 1 is 1.00 bits per heavy atom. The lowest BCUT2D eigenvalue weighted by Gasteiger charge is -2.11. The minimum atomic E-state index is -0.112. The molecule has 1 aromatic heterocycles. The molecule has 0 saturated carbocycles. The summed E-state index contributed by atoms with van der Waals surface area (Å²) in [5, 5.41) is 4.27. The first-order valence-electron chi connectivity index (χ1n) is 11.4. The molecule has 0 atom stereocenters. The van der Waals surface area contributed by atoms with E-state index in [1.54, 1.807) is 25.3 Å². The molecule has 0 radical (unpaired) electrons. The fourth-order valence-electron chi connectivity index (χ4n) is 4.03. The molecule has 0 aliphatic carbocycles. The number of rotatable bonds is 10. The maximum Gasteiger partial charge on any atom is 0.255 e. The largest absolute Gasteiger partial charge is 0.496 e. The lowest BCUT2D eigenvalue weighted by atomic mass is 10.1. The summed E-state index contributed by atoms with van der Waals surface area (Å²) in [6, 6.07) is 21.0. The van der Waals surface area contributed by atoms with E-state index in [1.807, 2.05) is 42.5 Å². The van der Waals surface area contributed by atoms with Gasteiger partial charge in [0.25, 0.3) is 5.91 Å². The van der Waals surface area contributed by atoms with Crippen LogP contribution in [0.4, 0.5) is 0 Å². The number of carbonyl (C=O) groups is 1. The third-order valence-electron chi connectivity index (χ3n) is 5.79. The Bertz CT molecular complexity index is 1290. The van der Waals surface area contributed by atoms with E-state index in [0.717, 1.165) is 48.1 Å². The second-order valence-electron chi connectivity index (χ2n) is 8.11. The first-order chi connectivity index (χ1) is 16.6. The van der Waals surface area contributed by atoms with Gasteiger partial charge >= 0.3 is 0 Å². The molecular weight excluding hydrogens is 469 g/mol. The van der Waals surface area contributed by atoms with Crippen LogP contribution in [0.3, 0.4) is 0 Å². The van der Waals surface area contributed by atoms with Gasteiger partial charge in [0.1, 0.15) is 11.6 Å². The maximum absolute atomic E-state index is 12.4. The van der Waals surface area contributed by atoms with Crippen LogP contribution >= 0.6 is 23.2 Å². The Morgan fingerprint density at radius 3 is 2.62 bits per heavy atom. The average Bonchev–Trinajstić information content (AvgIpc) is 3.20. The smallest absolute Gasteiger partial charge is 0.255 e. The van der Waals surface area contributed by atoms with Crippen molar-refractivity contribution in [2.75, 3.05) is 13.7 Å². The molecule has 5 nitrogen and oxygen atoms in total. The number of unbranched alkanes of at least 4 members (excludes halogenated alkanes) is 2. The van der Waals surface area contributed by atoms with Gasteiger partial charge in [-0.25, -0.2) is 4.98 Å². The monoisotopic (exact) mass is 495 g/mol. The van der Waals surface area contributed by atoms with Crippen molar-refractivity contribution >= 4 is 40.1 Å². The van der Waals surface area contributed by atoms with Crippen LogP contribution in [0.15, 0.2) is 66.7 Å². The molecule has 7 heteroatoms. The number of amides is 1. The zero-order valence-corrected chi connectivity index (χ0v) is 20.6. The van der Waals surface area contributed by atoms with Gasteiger partial charge in [-0.15, -0.1) is 0 Å². The number of para-hydroxylation sites is 3. The molecular formula is C27H27Cl2N3O2. The number of nitrogens with zero attached hydrogens (tertiary/aromatic N) is 2. The molecule has 0 aliphatic heterocycles. The lowest BCUT2D eigenvalue weighted by molar-refractivity contribution is 0.0950. The Kier molecular flexibility index (Phi) is 8.09. The van der Waals surface area contributed by atoms with Crippen molar-refractivity contribution in [1.29, 1.82) is 0 Å². The van der Waals surface area contributed by atoms with Crippen molar-refractivity contribution < 1.29 is 9.53 Å². The molecule has 1 N–H and O–H groups in total. The number of aromatic nitrogens is 2. The third kappa shape index (κ3) is 5.72. The average molecular weight is 496 g/mol. The van der Waals surface area contributed by atoms with E-state index in [0.29, 0.717) is 34.4 Å². The summed E-state index contributed by atoms with van der Waals surface area (Å²) >= 11 is 12.5. The summed E-state index contributed by atoms with van der Waals surface area (Å²) in [6.45, 7) is 1.26. The number of nitrogens with one attached hydrogen (secondary N) is 1. The van der Waals surface area contributed by atoms with E-state index in [2.05, 4.69) is 16.0 Å². The van der Waals surface area contributed by atoms with Gasteiger partial charge in [0.2, 0.25) is 0 Å². The summed E-state index contributed by atoms with van der Waals surface area (Å²) in [6.07, 6.45) is 3.70. The summed E-state index contributed by atoms with van der Waals surface area (Å²) in [5.41, 5.74) is 3.63. The van der Waals surface area contributed by atoms with Crippen molar-refractivity contribution in [1.82, 2.24) is 14.9 Å². The molecule has 1 amide bonds. The van der Waals surface area contributed by atoms with E-state index in [9.17, 15) is 4.79 Å². The van der Waals surface area contributed by atoms with Gasteiger partial charge in [0, 0.05) is 23.0 Å². The SMILES string of the molecule is COc1ccccc1C(=O)NCCCCCc1nc2ccccc2n1Cc1ccc(Cl)cc1Cl. The highest BCUT2D eigenvalue weighted by Gasteiger charge is 2.13. The zero-order valence-electron chi connectivity index (χ0n) is 19.1. The van der Waals surface area contributed by atoms with Gasteiger partial charge in [0.05, 0.1) is 30.3 Å². The summed E-state index contributed by atoms with van der Waals surface area (Å²) in [5.74, 6) is 1.50. The summed E-state index contributed by atoms with van der Waals surface area (Å²) < 4.78 is 7.50. The van der Waals surface area contributed by atoms with Crippen molar-refractivity contribution in [2.24, 2.45) is 0 Å². The van der Waals surface area contributed by atoms with Gasteiger partial charge < -0.3 is 14.6 Å². The van der Waals surface area contributed by atoms with E-state index < -0.39 is 0 Å². The Labute approximate surface area is 209 Å². The highest BCUT2D eigenvalue weighted by Crippen LogP contribution is 2.25. The van der Waals surface area contributed by atoms with E-state index in [1.165, 1.54) is 0 Å². The molecule has 34 heavy (non-hydrogen) atoms. The molecule has 1 heterocycles. The topological polar surface area (TPSA) is 56.1 Å². The molecule has 4 rings (SSSR count). The number of hydrogen-bond acceptors (Lipinski definition) is 3. The quantitative estimate of drug-likeness (QED) is 0.254. The van der Waals surface area contributed by atoms with Crippen LogP contribution in [0, 0.1) is 0 Å². The predicted molar refractivity (Wildman–Crippen MR) is 138 cm³/mol. The third-order valence-corrected chi connectivity index (χ3v) is 6.38. The molecule has 0 aliphatic rings. The minimum absolute atomic E-state index is 0.112. The number of imidazole rings is 1. The van der Waals surface area contributed by atoms with Crippen molar-refractivity contribution in [3.63, 3.8) is 0 Å². The molecule has 0 bridgehead atoms. The number of hydrogen-bond donors (Lipinski definition) is 1. The van der Waals surface area contributed by atoms with E-state index in [-0.39, 0.29) is 5.91 Å². The number of fused-ring (bicyclic) bond motifs is 1. The summed E-state index contributed by atoms with van der Waals surface area (Å²) in [4.78, 5) is 17.3. The van der Waals surface area contributed by atoms with Gasteiger partial charge in [-0.3, -0.25) is 4.79 Å². The normalized spacial score (nSPS) is 11.0. The Hall–Kier alpha value is -3.02. The number of ether oxygens (including phenoxy) is 1. The van der Waals surface area contributed by atoms with Crippen LogP contribution in [-0.4, -0.2) is 29.1 Å². The fourth-order valence-corrected chi connectivity index (χ4v) is 4.50. The van der Waals surface area contributed by atoms with Crippen LogP contribution in [0.2, 0.25) is 10.0 Å². The van der Waals surface area contributed by atoms with Crippen LogP contribution in [0.1, 0.15) is 41.0 Å². The molecule has 0 saturated heterocycles. The van der Waals surface area contributed by atoms with Gasteiger partial charge in [-0.1, -0.05) is 60.0 Å². The maximum atomic E-state index is 12.4. The predicted octanol–water partition coefficient (Wildman–Crippen LogP) is 6.54. The second kappa shape index (κ2) is 11.4. The van der Waals surface area contributed by atoms with Crippen LogP contribution in [0.25, 0.3) is 11.0 Å². The van der Waals surface area contributed by atoms with E-state index >= 15 is 0 Å².